The van der Waals surface area contributed by atoms with E-state index >= 15 is 0 Å². The maximum atomic E-state index is 13.4. The van der Waals surface area contributed by atoms with Crippen LogP contribution in [0.2, 0.25) is 5.02 Å². The molecule has 0 saturated carbocycles. The zero-order chi connectivity index (χ0) is 27.4. The van der Waals surface area contributed by atoms with E-state index in [2.05, 4.69) is 15.9 Å². The number of rotatable bonds is 9. The summed E-state index contributed by atoms with van der Waals surface area (Å²) in [6.07, 6.45) is 1.57. The number of thioether (sulfide) groups is 1. The number of amides is 2. The molecule has 1 aliphatic rings. The molecule has 2 amide bonds. The predicted octanol–water partition coefficient (Wildman–Crippen LogP) is 7.36. The summed E-state index contributed by atoms with van der Waals surface area (Å²) >= 11 is 10.3. The van der Waals surface area contributed by atoms with Crippen LogP contribution in [0, 0.1) is 15.9 Å². The number of ether oxygens (including phenoxy) is 2. The van der Waals surface area contributed by atoms with Crippen LogP contribution in [-0.2, 0) is 17.9 Å². The van der Waals surface area contributed by atoms with Crippen LogP contribution >= 0.6 is 39.3 Å². The van der Waals surface area contributed by atoms with E-state index in [4.69, 9.17) is 21.1 Å². The lowest BCUT2D eigenvalue weighted by molar-refractivity contribution is -0.384. The summed E-state index contributed by atoms with van der Waals surface area (Å²) in [6, 6.07) is 13.2. The second-order valence-electron chi connectivity index (χ2n) is 7.98. The van der Waals surface area contributed by atoms with Gasteiger partial charge in [-0.3, -0.25) is 24.6 Å². The van der Waals surface area contributed by atoms with Crippen molar-refractivity contribution in [1.82, 2.24) is 4.90 Å². The van der Waals surface area contributed by atoms with Crippen LogP contribution in [0.1, 0.15) is 23.6 Å². The van der Waals surface area contributed by atoms with Gasteiger partial charge in [0.15, 0.2) is 11.5 Å². The van der Waals surface area contributed by atoms with Crippen LogP contribution in [0.25, 0.3) is 6.08 Å². The lowest BCUT2D eigenvalue weighted by Crippen LogP contribution is -2.27. The minimum atomic E-state index is -0.511. The summed E-state index contributed by atoms with van der Waals surface area (Å²) in [7, 11) is 0. The van der Waals surface area contributed by atoms with Gasteiger partial charge in [-0.2, -0.15) is 0 Å². The van der Waals surface area contributed by atoms with Crippen molar-refractivity contribution in [1.29, 1.82) is 0 Å². The SMILES string of the molecule is CCOc1cc(/C=C2\SC(=O)N(Cc3ccc(F)cc3Cl)C2=O)cc(Br)c1OCc1ccc([N+](=O)[O-])cc1. The Hall–Kier alpha value is -3.41. The Morgan fingerprint density at radius 3 is 2.53 bits per heavy atom. The van der Waals surface area contributed by atoms with Gasteiger partial charge in [0.05, 0.1) is 27.5 Å². The summed E-state index contributed by atoms with van der Waals surface area (Å²) in [5.41, 5.74) is 1.75. The molecular weight excluding hydrogens is 603 g/mol. The molecule has 12 heteroatoms. The topological polar surface area (TPSA) is 99.0 Å². The molecule has 0 spiro atoms. The van der Waals surface area contributed by atoms with Gasteiger partial charge in [0.25, 0.3) is 16.8 Å². The number of hydrogen-bond donors (Lipinski definition) is 0. The van der Waals surface area contributed by atoms with Crippen LogP contribution in [0.3, 0.4) is 0 Å². The average Bonchev–Trinajstić information content (AvgIpc) is 3.12. The van der Waals surface area contributed by atoms with E-state index in [1.165, 1.54) is 24.3 Å². The maximum absolute atomic E-state index is 13.4. The highest BCUT2D eigenvalue weighted by molar-refractivity contribution is 9.10. The summed E-state index contributed by atoms with van der Waals surface area (Å²) in [6.45, 7) is 2.22. The molecule has 4 rings (SSSR count). The van der Waals surface area contributed by atoms with E-state index in [-0.39, 0.29) is 28.8 Å². The number of nitro groups is 1. The average molecular weight is 622 g/mol. The van der Waals surface area contributed by atoms with E-state index in [1.54, 1.807) is 30.3 Å². The molecule has 0 radical (unpaired) electrons. The largest absolute Gasteiger partial charge is 0.490 e. The molecule has 8 nitrogen and oxygen atoms in total. The van der Waals surface area contributed by atoms with Crippen molar-refractivity contribution in [2.75, 3.05) is 6.61 Å². The highest BCUT2D eigenvalue weighted by Gasteiger charge is 2.35. The third-order valence-electron chi connectivity index (χ3n) is 5.38. The Morgan fingerprint density at radius 2 is 1.87 bits per heavy atom. The molecule has 3 aromatic carbocycles. The zero-order valence-corrected chi connectivity index (χ0v) is 22.9. The van der Waals surface area contributed by atoms with Gasteiger partial charge < -0.3 is 9.47 Å². The number of carbonyl (C=O) groups is 2. The summed E-state index contributed by atoms with van der Waals surface area (Å²) in [5.74, 6) is -0.176. The van der Waals surface area contributed by atoms with E-state index in [9.17, 15) is 24.1 Å². The third-order valence-corrected chi connectivity index (χ3v) is 7.23. The van der Waals surface area contributed by atoms with Crippen molar-refractivity contribution < 1.29 is 28.4 Å². The molecule has 0 unspecified atom stereocenters. The zero-order valence-electron chi connectivity index (χ0n) is 19.8. The van der Waals surface area contributed by atoms with Crippen molar-refractivity contribution in [2.45, 2.75) is 20.1 Å². The van der Waals surface area contributed by atoms with Gasteiger partial charge in [-0.05, 0) is 93.8 Å². The van der Waals surface area contributed by atoms with Gasteiger partial charge in [-0.1, -0.05) is 17.7 Å². The second-order valence-corrected chi connectivity index (χ2v) is 10.2. The van der Waals surface area contributed by atoms with E-state index in [1.807, 2.05) is 6.92 Å². The molecule has 3 aromatic rings. The summed E-state index contributed by atoms with van der Waals surface area (Å²) in [5, 5.41) is 10.5. The standard InChI is InChI=1S/C26H19BrClFN2O6S/c1-2-36-22-10-16(9-20(27)24(22)37-14-15-3-7-19(8-4-15)31(34)35)11-23-25(32)30(26(33)38-23)13-17-5-6-18(29)12-21(17)28/h3-12H,2,13-14H2,1H3/b23-11-. The molecule has 0 N–H and O–H groups in total. The Balaban J connectivity index is 1.54. The summed E-state index contributed by atoms with van der Waals surface area (Å²) < 4.78 is 25.6. The molecular formula is C26H19BrClFN2O6S. The smallest absolute Gasteiger partial charge is 0.293 e. The first-order valence-electron chi connectivity index (χ1n) is 11.2. The molecule has 0 aromatic heterocycles. The fourth-order valence-corrected chi connectivity index (χ4v) is 5.19. The normalized spacial score (nSPS) is 14.3. The van der Waals surface area contributed by atoms with Crippen molar-refractivity contribution in [3.05, 3.63) is 102 Å². The molecule has 1 fully saturated rings. The van der Waals surface area contributed by atoms with Crippen LogP contribution < -0.4 is 9.47 Å². The number of carbonyl (C=O) groups excluding carboxylic acids is 2. The van der Waals surface area contributed by atoms with Gasteiger partial charge >= 0.3 is 0 Å². The highest BCUT2D eigenvalue weighted by atomic mass is 79.9. The van der Waals surface area contributed by atoms with Crippen LogP contribution in [0.4, 0.5) is 14.9 Å². The second kappa shape index (κ2) is 12.0. The van der Waals surface area contributed by atoms with E-state index in [0.717, 1.165) is 28.3 Å². The molecule has 0 atom stereocenters. The molecule has 196 valence electrons. The fourth-order valence-electron chi connectivity index (χ4n) is 3.55. The lowest BCUT2D eigenvalue weighted by Gasteiger charge is -2.15. The quantitative estimate of drug-likeness (QED) is 0.140. The van der Waals surface area contributed by atoms with Crippen molar-refractivity contribution in [3.8, 4) is 11.5 Å². The molecule has 0 aliphatic carbocycles. The molecule has 38 heavy (non-hydrogen) atoms. The van der Waals surface area contributed by atoms with E-state index < -0.39 is 21.9 Å². The van der Waals surface area contributed by atoms with E-state index in [0.29, 0.717) is 33.7 Å². The van der Waals surface area contributed by atoms with Crippen molar-refractivity contribution >= 4 is 62.2 Å². The number of nitrogens with zero attached hydrogens (tertiary/aromatic N) is 2. The van der Waals surface area contributed by atoms with Crippen LogP contribution in [0.15, 0.2) is 64.0 Å². The maximum Gasteiger partial charge on any atom is 0.293 e. The van der Waals surface area contributed by atoms with Crippen LogP contribution in [-0.4, -0.2) is 27.6 Å². The first-order valence-corrected chi connectivity index (χ1v) is 13.2. The Bertz CT molecular complexity index is 1450. The molecule has 1 heterocycles. The third kappa shape index (κ3) is 6.35. The van der Waals surface area contributed by atoms with Gasteiger partial charge in [-0.25, -0.2) is 4.39 Å². The lowest BCUT2D eigenvalue weighted by atomic mass is 10.1. The minimum absolute atomic E-state index is 0.0144. The number of benzene rings is 3. The van der Waals surface area contributed by atoms with Gasteiger partial charge in [-0.15, -0.1) is 0 Å². The monoisotopic (exact) mass is 620 g/mol. The Kier molecular flexibility index (Phi) is 8.70. The van der Waals surface area contributed by atoms with Crippen molar-refractivity contribution in [2.24, 2.45) is 0 Å². The first-order chi connectivity index (χ1) is 18.2. The first kappa shape index (κ1) is 27.6. The van der Waals surface area contributed by atoms with Crippen molar-refractivity contribution in [3.63, 3.8) is 0 Å². The number of halogens is 3. The highest BCUT2D eigenvalue weighted by Crippen LogP contribution is 2.40. The summed E-state index contributed by atoms with van der Waals surface area (Å²) in [4.78, 5) is 37.2. The Labute approximate surface area is 234 Å². The number of non-ortho nitro benzene ring substituents is 1. The van der Waals surface area contributed by atoms with Gasteiger partial charge in [0, 0.05) is 17.2 Å². The number of nitro benzene ring substituents is 1. The number of hydrogen-bond acceptors (Lipinski definition) is 7. The van der Waals surface area contributed by atoms with Gasteiger partial charge in [0.1, 0.15) is 12.4 Å². The molecule has 1 aliphatic heterocycles. The van der Waals surface area contributed by atoms with Gasteiger partial charge in [0.2, 0.25) is 0 Å². The number of imide groups is 1. The minimum Gasteiger partial charge on any atom is -0.490 e. The fraction of sp³-hybridized carbons (Fsp3) is 0.154. The van der Waals surface area contributed by atoms with Crippen LogP contribution in [0.5, 0.6) is 11.5 Å². The Morgan fingerprint density at radius 1 is 1.13 bits per heavy atom. The molecule has 1 saturated heterocycles. The predicted molar refractivity (Wildman–Crippen MR) is 146 cm³/mol. The molecule has 0 bridgehead atoms.